The van der Waals surface area contributed by atoms with Crippen molar-refractivity contribution >= 4 is 17.3 Å². The van der Waals surface area contributed by atoms with Crippen LogP contribution in [-0.4, -0.2) is 18.2 Å². The highest BCUT2D eigenvalue weighted by molar-refractivity contribution is 7.14. The van der Waals surface area contributed by atoms with Crippen molar-refractivity contribution < 1.29 is 19.4 Å². The van der Waals surface area contributed by atoms with E-state index in [1.807, 2.05) is 31.2 Å². The molecule has 4 nitrogen and oxygen atoms in total. The number of ether oxygens (including phenoxy) is 2. The second-order valence-electron chi connectivity index (χ2n) is 3.96. The summed E-state index contributed by atoms with van der Waals surface area (Å²) in [5.41, 5.74) is 0.901. The Labute approximate surface area is 115 Å². The summed E-state index contributed by atoms with van der Waals surface area (Å²) in [5, 5.41) is 8.92. The highest BCUT2D eigenvalue weighted by atomic mass is 32.1. The number of thiophene rings is 1. The Morgan fingerprint density at radius 2 is 1.89 bits per heavy atom. The zero-order chi connectivity index (χ0) is 13.8. The molecule has 0 aliphatic heterocycles. The molecule has 1 aromatic carbocycles. The second-order valence-corrected chi connectivity index (χ2v) is 5.22. The molecule has 0 bridgehead atoms. The summed E-state index contributed by atoms with van der Waals surface area (Å²) in [6.45, 7) is 2.26. The van der Waals surface area contributed by atoms with Crippen LogP contribution >= 0.6 is 11.3 Å². The molecule has 0 aliphatic rings. The number of hydrogen-bond acceptors (Lipinski definition) is 4. The molecule has 0 fully saturated rings. The maximum Gasteiger partial charge on any atom is 0.345 e. The lowest BCUT2D eigenvalue weighted by Crippen LogP contribution is -1.96. The molecule has 0 unspecified atom stereocenters. The van der Waals surface area contributed by atoms with Crippen molar-refractivity contribution in [3.63, 3.8) is 0 Å². The quantitative estimate of drug-likeness (QED) is 0.911. The summed E-state index contributed by atoms with van der Waals surface area (Å²) in [6.07, 6.45) is 0. The number of benzene rings is 1. The molecular weight excluding hydrogens is 264 g/mol. The first-order valence-electron chi connectivity index (χ1n) is 5.69. The summed E-state index contributed by atoms with van der Waals surface area (Å²) >= 11 is 1.26. The molecule has 19 heavy (non-hydrogen) atoms. The predicted octanol–water partition coefficient (Wildman–Crippen LogP) is 3.34. The Morgan fingerprint density at radius 1 is 1.26 bits per heavy atom. The van der Waals surface area contributed by atoms with E-state index in [0.29, 0.717) is 11.5 Å². The number of rotatable bonds is 5. The summed E-state index contributed by atoms with van der Waals surface area (Å²) < 4.78 is 10.7. The molecule has 0 amide bonds. The Balaban J connectivity index is 2.03. The molecule has 0 aliphatic carbocycles. The van der Waals surface area contributed by atoms with Crippen molar-refractivity contribution in [1.82, 2.24) is 0 Å². The van der Waals surface area contributed by atoms with Crippen molar-refractivity contribution in [2.45, 2.75) is 13.5 Å². The number of carboxylic acids is 1. The van der Waals surface area contributed by atoms with Crippen molar-refractivity contribution in [2.24, 2.45) is 0 Å². The van der Waals surface area contributed by atoms with Gasteiger partial charge >= 0.3 is 5.97 Å². The summed E-state index contributed by atoms with van der Waals surface area (Å²) in [7, 11) is 1.61. The Kier molecular flexibility index (Phi) is 4.06. The SMILES string of the molecule is COc1ccc(OCc2cc(C(=O)O)sc2C)cc1. The van der Waals surface area contributed by atoms with Gasteiger partial charge in [0.1, 0.15) is 23.0 Å². The topological polar surface area (TPSA) is 55.8 Å². The number of methoxy groups -OCH3 is 1. The Bertz CT molecular complexity index is 572. The van der Waals surface area contributed by atoms with Gasteiger partial charge in [0.25, 0.3) is 0 Å². The zero-order valence-corrected chi connectivity index (χ0v) is 11.5. The number of carbonyl (C=O) groups is 1. The van der Waals surface area contributed by atoms with E-state index in [9.17, 15) is 4.79 Å². The molecule has 5 heteroatoms. The van der Waals surface area contributed by atoms with Gasteiger partial charge in [-0.05, 0) is 37.3 Å². The molecule has 2 rings (SSSR count). The first kappa shape index (κ1) is 13.4. The molecule has 1 heterocycles. The van der Waals surface area contributed by atoms with E-state index < -0.39 is 5.97 Å². The number of aromatic carboxylic acids is 1. The molecule has 0 atom stereocenters. The van der Waals surface area contributed by atoms with Gasteiger partial charge in [-0.1, -0.05) is 0 Å². The van der Waals surface area contributed by atoms with E-state index in [2.05, 4.69) is 0 Å². The molecule has 0 saturated heterocycles. The highest BCUT2D eigenvalue weighted by Gasteiger charge is 2.11. The first-order valence-corrected chi connectivity index (χ1v) is 6.51. The average Bonchev–Trinajstić information content (AvgIpc) is 2.79. The maximum atomic E-state index is 10.9. The van der Waals surface area contributed by atoms with Crippen LogP contribution < -0.4 is 9.47 Å². The maximum absolute atomic E-state index is 10.9. The average molecular weight is 278 g/mol. The van der Waals surface area contributed by atoms with E-state index in [1.165, 1.54) is 11.3 Å². The molecular formula is C14H14O4S. The monoisotopic (exact) mass is 278 g/mol. The van der Waals surface area contributed by atoms with Gasteiger partial charge in [0.15, 0.2) is 0 Å². The van der Waals surface area contributed by atoms with Gasteiger partial charge in [-0.3, -0.25) is 0 Å². The van der Waals surface area contributed by atoms with Gasteiger partial charge < -0.3 is 14.6 Å². The van der Waals surface area contributed by atoms with Crippen molar-refractivity contribution in [3.05, 3.63) is 45.6 Å². The fourth-order valence-corrected chi connectivity index (χ4v) is 2.47. The predicted molar refractivity (Wildman–Crippen MR) is 73.3 cm³/mol. The molecule has 1 N–H and O–H groups in total. The lowest BCUT2D eigenvalue weighted by atomic mass is 10.2. The van der Waals surface area contributed by atoms with Crippen LogP contribution in [0.2, 0.25) is 0 Å². The fourth-order valence-electron chi connectivity index (χ4n) is 1.60. The summed E-state index contributed by atoms with van der Waals surface area (Å²) in [4.78, 5) is 12.2. The smallest absolute Gasteiger partial charge is 0.345 e. The number of carboxylic acid groups (broad SMARTS) is 1. The van der Waals surface area contributed by atoms with E-state index in [-0.39, 0.29) is 0 Å². The Morgan fingerprint density at radius 3 is 2.42 bits per heavy atom. The standard InChI is InChI=1S/C14H14O4S/c1-9-10(7-13(19-9)14(15)16)8-18-12-5-3-11(17-2)4-6-12/h3-7H,8H2,1-2H3,(H,15,16). The second kappa shape index (κ2) is 5.75. The van der Waals surface area contributed by atoms with Gasteiger partial charge in [0, 0.05) is 10.4 Å². The fraction of sp³-hybridized carbons (Fsp3) is 0.214. The summed E-state index contributed by atoms with van der Waals surface area (Å²) in [6, 6.07) is 8.93. The van der Waals surface area contributed by atoms with Crippen LogP contribution in [-0.2, 0) is 6.61 Å². The van der Waals surface area contributed by atoms with E-state index in [4.69, 9.17) is 14.6 Å². The van der Waals surface area contributed by atoms with Crippen molar-refractivity contribution in [1.29, 1.82) is 0 Å². The Hall–Kier alpha value is -2.01. The third-order valence-electron chi connectivity index (χ3n) is 2.69. The van der Waals surface area contributed by atoms with Crippen molar-refractivity contribution in [3.8, 4) is 11.5 Å². The van der Waals surface area contributed by atoms with Gasteiger partial charge in [0.2, 0.25) is 0 Å². The van der Waals surface area contributed by atoms with E-state index >= 15 is 0 Å². The molecule has 1 aromatic heterocycles. The third kappa shape index (κ3) is 3.26. The van der Waals surface area contributed by atoms with Crippen LogP contribution in [0.5, 0.6) is 11.5 Å². The zero-order valence-electron chi connectivity index (χ0n) is 10.7. The van der Waals surface area contributed by atoms with E-state index in [1.54, 1.807) is 13.2 Å². The van der Waals surface area contributed by atoms with Crippen LogP contribution in [0.4, 0.5) is 0 Å². The minimum Gasteiger partial charge on any atom is -0.497 e. The van der Waals surface area contributed by atoms with Crippen LogP contribution in [0.1, 0.15) is 20.1 Å². The molecule has 0 radical (unpaired) electrons. The normalized spacial score (nSPS) is 10.2. The third-order valence-corrected chi connectivity index (χ3v) is 3.77. The largest absolute Gasteiger partial charge is 0.497 e. The van der Waals surface area contributed by atoms with Gasteiger partial charge in [-0.25, -0.2) is 4.79 Å². The van der Waals surface area contributed by atoms with Crippen LogP contribution in [0, 0.1) is 6.92 Å². The minimum absolute atomic E-state index is 0.339. The molecule has 0 saturated carbocycles. The number of aryl methyl sites for hydroxylation is 1. The minimum atomic E-state index is -0.899. The van der Waals surface area contributed by atoms with Crippen molar-refractivity contribution in [2.75, 3.05) is 7.11 Å². The van der Waals surface area contributed by atoms with Gasteiger partial charge in [-0.2, -0.15) is 0 Å². The van der Waals surface area contributed by atoms with Crippen LogP contribution in [0.3, 0.4) is 0 Å². The van der Waals surface area contributed by atoms with Gasteiger partial charge in [0.05, 0.1) is 7.11 Å². The van der Waals surface area contributed by atoms with Gasteiger partial charge in [-0.15, -0.1) is 11.3 Å². The lowest BCUT2D eigenvalue weighted by molar-refractivity contribution is 0.0702. The lowest BCUT2D eigenvalue weighted by Gasteiger charge is -2.06. The van der Waals surface area contributed by atoms with Crippen LogP contribution in [0.25, 0.3) is 0 Å². The summed E-state index contributed by atoms with van der Waals surface area (Å²) in [5.74, 6) is 0.597. The molecule has 100 valence electrons. The highest BCUT2D eigenvalue weighted by Crippen LogP contribution is 2.24. The molecule has 2 aromatic rings. The van der Waals surface area contributed by atoms with E-state index in [0.717, 1.165) is 21.9 Å². The van der Waals surface area contributed by atoms with Crippen LogP contribution in [0.15, 0.2) is 30.3 Å². The first-order chi connectivity index (χ1) is 9.10. The molecule has 0 spiro atoms. The number of hydrogen-bond donors (Lipinski definition) is 1.